The van der Waals surface area contributed by atoms with Gasteiger partial charge in [-0.3, -0.25) is 4.79 Å². The third kappa shape index (κ3) is 2.94. The number of hydrogen-bond donors (Lipinski definition) is 0. The second-order valence-electron chi connectivity index (χ2n) is 3.82. The second-order valence-corrected chi connectivity index (χ2v) is 3.82. The molecule has 1 rings (SSSR count). The molecule has 1 aromatic rings. The van der Waals surface area contributed by atoms with Crippen molar-refractivity contribution >= 4 is 11.8 Å². The van der Waals surface area contributed by atoms with Gasteiger partial charge in [0, 0.05) is 12.7 Å². The van der Waals surface area contributed by atoms with Gasteiger partial charge in [-0.05, 0) is 25.5 Å². The molecule has 0 atom stereocenters. The zero-order valence-corrected chi connectivity index (χ0v) is 10.4. The Morgan fingerprint density at radius 2 is 2.24 bits per heavy atom. The number of pyridine rings is 1. The van der Waals surface area contributed by atoms with Crippen molar-refractivity contribution in [2.75, 3.05) is 25.6 Å². The van der Waals surface area contributed by atoms with E-state index in [1.165, 1.54) is 7.11 Å². The molecule has 0 spiro atoms. The van der Waals surface area contributed by atoms with Crippen LogP contribution >= 0.6 is 0 Å². The molecule has 1 heterocycles. The third-order valence-electron chi connectivity index (χ3n) is 2.39. The number of aryl methyl sites for hydroxylation is 2. The van der Waals surface area contributed by atoms with Gasteiger partial charge in [-0.1, -0.05) is 0 Å². The van der Waals surface area contributed by atoms with Crippen molar-refractivity contribution in [3.8, 4) is 6.07 Å². The van der Waals surface area contributed by atoms with Crippen molar-refractivity contribution in [1.29, 1.82) is 5.26 Å². The van der Waals surface area contributed by atoms with E-state index in [0.29, 0.717) is 11.4 Å². The average molecular weight is 233 g/mol. The molecular formula is C12H15N3O2. The molecule has 5 nitrogen and oxygen atoms in total. The van der Waals surface area contributed by atoms with Crippen LogP contribution in [0, 0.1) is 25.2 Å². The van der Waals surface area contributed by atoms with E-state index >= 15 is 0 Å². The first kappa shape index (κ1) is 13.0. The molecule has 0 fully saturated rings. The van der Waals surface area contributed by atoms with Crippen LogP contribution in [-0.4, -0.2) is 31.7 Å². The summed E-state index contributed by atoms with van der Waals surface area (Å²) < 4.78 is 4.59. The minimum absolute atomic E-state index is 0.0705. The highest BCUT2D eigenvalue weighted by Crippen LogP contribution is 2.20. The summed E-state index contributed by atoms with van der Waals surface area (Å²) in [4.78, 5) is 17.1. The van der Waals surface area contributed by atoms with Crippen LogP contribution in [0.15, 0.2) is 6.07 Å². The number of nitrogens with zero attached hydrogens (tertiary/aromatic N) is 3. The van der Waals surface area contributed by atoms with Gasteiger partial charge in [0.25, 0.3) is 0 Å². The van der Waals surface area contributed by atoms with Gasteiger partial charge in [-0.15, -0.1) is 0 Å². The molecule has 0 bridgehead atoms. The number of carbonyl (C=O) groups is 1. The van der Waals surface area contributed by atoms with Crippen LogP contribution in [0.1, 0.15) is 16.8 Å². The highest BCUT2D eigenvalue weighted by atomic mass is 16.5. The molecule has 0 saturated carbocycles. The number of carbonyl (C=O) groups excluding carboxylic acids is 1. The summed E-state index contributed by atoms with van der Waals surface area (Å²) >= 11 is 0. The number of aromatic nitrogens is 1. The molecule has 0 unspecified atom stereocenters. The van der Waals surface area contributed by atoms with Crippen LogP contribution in [0.25, 0.3) is 0 Å². The van der Waals surface area contributed by atoms with Crippen molar-refractivity contribution in [2.24, 2.45) is 0 Å². The van der Waals surface area contributed by atoms with Crippen molar-refractivity contribution < 1.29 is 9.53 Å². The summed E-state index contributed by atoms with van der Waals surface area (Å²) in [7, 11) is 3.04. The second kappa shape index (κ2) is 5.30. The van der Waals surface area contributed by atoms with Crippen LogP contribution in [0.2, 0.25) is 0 Å². The van der Waals surface area contributed by atoms with Crippen LogP contribution in [0.4, 0.5) is 5.82 Å². The maximum Gasteiger partial charge on any atom is 0.325 e. The molecule has 0 saturated heterocycles. The lowest BCUT2D eigenvalue weighted by atomic mass is 10.1. The predicted octanol–water partition coefficient (Wildman–Crippen LogP) is 1.18. The Balaban J connectivity index is 3.12. The summed E-state index contributed by atoms with van der Waals surface area (Å²) in [6, 6.07) is 3.95. The Labute approximate surface area is 101 Å². The Kier molecular flexibility index (Phi) is 4.05. The van der Waals surface area contributed by atoms with Gasteiger partial charge in [0.15, 0.2) is 0 Å². The zero-order valence-electron chi connectivity index (χ0n) is 10.4. The number of likely N-dealkylation sites (N-methyl/N-ethyl adjacent to an activating group) is 1. The maximum atomic E-state index is 11.2. The van der Waals surface area contributed by atoms with E-state index in [1.54, 1.807) is 11.9 Å². The molecule has 90 valence electrons. The summed E-state index contributed by atoms with van der Waals surface area (Å²) in [6.07, 6.45) is 0. The molecule has 17 heavy (non-hydrogen) atoms. The van der Waals surface area contributed by atoms with Crippen molar-refractivity contribution in [2.45, 2.75) is 13.8 Å². The van der Waals surface area contributed by atoms with Crippen LogP contribution in [0.5, 0.6) is 0 Å². The minimum atomic E-state index is -0.364. The smallest absolute Gasteiger partial charge is 0.325 e. The van der Waals surface area contributed by atoms with Gasteiger partial charge < -0.3 is 9.64 Å². The molecule has 0 aliphatic heterocycles. The number of anilines is 1. The van der Waals surface area contributed by atoms with Gasteiger partial charge in [0.1, 0.15) is 18.4 Å². The first-order valence-corrected chi connectivity index (χ1v) is 5.16. The molecule has 1 aromatic heterocycles. The molecule has 0 aliphatic carbocycles. The van der Waals surface area contributed by atoms with E-state index in [1.807, 2.05) is 19.9 Å². The largest absolute Gasteiger partial charge is 0.468 e. The first-order chi connectivity index (χ1) is 7.99. The number of nitriles is 1. The van der Waals surface area contributed by atoms with Crippen LogP contribution in [0.3, 0.4) is 0 Å². The number of rotatable bonds is 3. The van der Waals surface area contributed by atoms with E-state index in [0.717, 1.165) is 11.3 Å². The molecule has 0 aliphatic rings. The van der Waals surface area contributed by atoms with E-state index in [-0.39, 0.29) is 12.5 Å². The number of hydrogen-bond acceptors (Lipinski definition) is 5. The highest BCUT2D eigenvalue weighted by molar-refractivity contribution is 5.76. The molecule has 0 amide bonds. The standard InChI is InChI=1S/C12H15N3O2/c1-8-5-9(2)14-12(10(8)6-13)15(3)7-11(16)17-4/h5H,7H2,1-4H3. The Bertz CT molecular complexity index is 477. The van der Waals surface area contributed by atoms with Gasteiger partial charge in [0.05, 0.1) is 12.7 Å². The fourth-order valence-electron chi connectivity index (χ4n) is 1.56. The topological polar surface area (TPSA) is 66.2 Å². The minimum Gasteiger partial charge on any atom is -0.468 e. The summed E-state index contributed by atoms with van der Waals surface area (Å²) in [5, 5.41) is 9.10. The van der Waals surface area contributed by atoms with E-state index in [9.17, 15) is 4.79 Å². The quantitative estimate of drug-likeness (QED) is 0.733. The molecule has 5 heteroatoms. The molecular weight excluding hydrogens is 218 g/mol. The lowest BCUT2D eigenvalue weighted by Crippen LogP contribution is -2.28. The van der Waals surface area contributed by atoms with E-state index < -0.39 is 0 Å². The monoisotopic (exact) mass is 233 g/mol. The van der Waals surface area contributed by atoms with Crippen LogP contribution < -0.4 is 4.90 Å². The molecule has 0 radical (unpaired) electrons. The van der Waals surface area contributed by atoms with E-state index in [4.69, 9.17) is 5.26 Å². The Hall–Kier alpha value is -2.09. The summed E-state index contributed by atoms with van der Waals surface area (Å²) in [6.45, 7) is 3.77. The fraction of sp³-hybridized carbons (Fsp3) is 0.417. The van der Waals surface area contributed by atoms with E-state index in [2.05, 4.69) is 15.8 Å². The first-order valence-electron chi connectivity index (χ1n) is 5.16. The zero-order chi connectivity index (χ0) is 13.0. The lowest BCUT2D eigenvalue weighted by molar-refractivity contribution is -0.138. The lowest BCUT2D eigenvalue weighted by Gasteiger charge is -2.19. The maximum absolute atomic E-state index is 11.2. The van der Waals surface area contributed by atoms with Crippen molar-refractivity contribution in [1.82, 2.24) is 4.98 Å². The molecule has 0 aromatic carbocycles. The van der Waals surface area contributed by atoms with Gasteiger partial charge in [-0.2, -0.15) is 5.26 Å². The summed E-state index contributed by atoms with van der Waals surface area (Å²) in [5.74, 6) is 0.146. The van der Waals surface area contributed by atoms with Crippen LogP contribution in [-0.2, 0) is 9.53 Å². The van der Waals surface area contributed by atoms with Crippen molar-refractivity contribution in [3.63, 3.8) is 0 Å². The Morgan fingerprint density at radius 3 is 2.76 bits per heavy atom. The van der Waals surface area contributed by atoms with Gasteiger partial charge >= 0.3 is 5.97 Å². The third-order valence-corrected chi connectivity index (χ3v) is 2.39. The van der Waals surface area contributed by atoms with Gasteiger partial charge in [-0.25, -0.2) is 4.98 Å². The fourth-order valence-corrected chi connectivity index (χ4v) is 1.56. The highest BCUT2D eigenvalue weighted by Gasteiger charge is 2.15. The Morgan fingerprint density at radius 1 is 1.59 bits per heavy atom. The van der Waals surface area contributed by atoms with Crippen molar-refractivity contribution in [3.05, 3.63) is 22.9 Å². The number of esters is 1. The summed E-state index contributed by atoms with van der Waals surface area (Å²) in [5.41, 5.74) is 2.15. The predicted molar refractivity (Wildman–Crippen MR) is 63.7 cm³/mol. The SMILES string of the molecule is COC(=O)CN(C)c1nc(C)cc(C)c1C#N. The molecule has 0 N–H and O–H groups in total. The normalized spacial score (nSPS) is 9.59. The number of methoxy groups -OCH3 is 1. The van der Waals surface area contributed by atoms with Gasteiger partial charge in [0.2, 0.25) is 0 Å². The average Bonchev–Trinajstić information content (AvgIpc) is 2.27. The number of ether oxygens (including phenoxy) is 1.